The highest BCUT2D eigenvalue weighted by molar-refractivity contribution is 6.03. The van der Waals surface area contributed by atoms with Crippen LogP contribution in [0.4, 0.5) is 24.5 Å². The van der Waals surface area contributed by atoms with Gasteiger partial charge in [-0.15, -0.1) is 13.2 Å². The van der Waals surface area contributed by atoms with Crippen LogP contribution in [0.25, 0.3) is 0 Å². The van der Waals surface area contributed by atoms with Gasteiger partial charge in [-0.25, -0.2) is 0 Å². The fraction of sp³-hybridized carbons (Fsp3) is 0.263. The molecule has 0 saturated carbocycles. The van der Waals surface area contributed by atoms with Crippen LogP contribution in [-0.4, -0.2) is 24.7 Å². The van der Waals surface area contributed by atoms with Crippen LogP contribution in [0.1, 0.15) is 12.0 Å². The Kier molecular flexibility index (Phi) is 5.07. The van der Waals surface area contributed by atoms with Crippen molar-refractivity contribution in [2.24, 2.45) is 5.92 Å². The Morgan fingerprint density at radius 1 is 1.11 bits per heavy atom. The largest absolute Gasteiger partial charge is 0.573 e. The van der Waals surface area contributed by atoms with E-state index in [-0.39, 0.29) is 30.5 Å². The van der Waals surface area contributed by atoms with Crippen LogP contribution in [0.5, 0.6) is 5.75 Å². The van der Waals surface area contributed by atoms with Gasteiger partial charge in [-0.3, -0.25) is 9.59 Å². The van der Waals surface area contributed by atoms with Crippen molar-refractivity contribution in [2.75, 3.05) is 16.8 Å². The summed E-state index contributed by atoms with van der Waals surface area (Å²) in [6.07, 6.45) is -4.69. The first-order chi connectivity index (χ1) is 12.7. The fourth-order valence-corrected chi connectivity index (χ4v) is 2.84. The number of rotatable bonds is 4. The second kappa shape index (κ2) is 7.30. The van der Waals surface area contributed by atoms with Crippen LogP contribution in [0, 0.1) is 12.8 Å². The van der Waals surface area contributed by atoms with E-state index in [2.05, 4.69) is 10.1 Å². The Morgan fingerprint density at radius 2 is 1.74 bits per heavy atom. The Hall–Kier alpha value is -3.03. The third-order valence-corrected chi connectivity index (χ3v) is 4.20. The van der Waals surface area contributed by atoms with Crippen molar-refractivity contribution in [2.45, 2.75) is 19.7 Å². The number of halogens is 3. The van der Waals surface area contributed by atoms with E-state index in [4.69, 9.17) is 0 Å². The summed E-state index contributed by atoms with van der Waals surface area (Å²) in [5.74, 6) is -1.41. The first-order valence-electron chi connectivity index (χ1n) is 8.25. The standard InChI is InChI=1S/C19H17F3N2O3/c1-12-2-6-15(7-3-12)24-11-13(10-17(24)25)18(26)23-14-4-8-16(9-5-14)27-19(20,21)22/h2-9,13H,10-11H2,1H3,(H,23,26). The monoisotopic (exact) mass is 378 g/mol. The van der Waals surface area contributed by atoms with Gasteiger partial charge in [-0.2, -0.15) is 0 Å². The zero-order valence-electron chi connectivity index (χ0n) is 14.4. The topological polar surface area (TPSA) is 58.6 Å². The molecule has 0 aromatic heterocycles. The molecule has 0 aliphatic carbocycles. The molecule has 1 fully saturated rings. The molecule has 142 valence electrons. The molecule has 0 spiro atoms. The van der Waals surface area contributed by atoms with Gasteiger partial charge in [-0.1, -0.05) is 17.7 Å². The molecular formula is C19H17F3N2O3. The highest BCUT2D eigenvalue weighted by Crippen LogP contribution is 2.27. The number of carbonyl (C=O) groups is 2. The van der Waals surface area contributed by atoms with Gasteiger partial charge < -0.3 is 15.0 Å². The van der Waals surface area contributed by atoms with Crippen molar-refractivity contribution in [1.29, 1.82) is 0 Å². The van der Waals surface area contributed by atoms with E-state index in [1.807, 2.05) is 31.2 Å². The van der Waals surface area contributed by atoms with Crippen molar-refractivity contribution in [1.82, 2.24) is 0 Å². The van der Waals surface area contributed by atoms with E-state index in [9.17, 15) is 22.8 Å². The number of ether oxygens (including phenoxy) is 1. The molecule has 2 aromatic carbocycles. The summed E-state index contributed by atoms with van der Waals surface area (Å²) >= 11 is 0. The van der Waals surface area contributed by atoms with Gasteiger partial charge >= 0.3 is 6.36 Å². The number of benzene rings is 2. The summed E-state index contributed by atoms with van der Waals surface area (Å²) < 4.78 is 40.3. The number of amides is 2. The first kappa shape index (κ1) is 18.8. The minimum Gasteiger partial charge on any atom is -0.406 e. The molecule has 1 unspecified atom stereocenters. The van der Waals surface area contributed by atoms with Crippen molar-refractivity contribution in [3.05, 3.63) is 54.1 Å². The fourth-order valence-electron chi connectivity index (χ4n) is 2.84. The van der Waals surface area contributed by atoms with Crippen LogP contribution in [0.15, 0.2) is 48.5 Å². The molecule has 3 rings (SSSR count). The molecule has 1 atom stereocenters. The van der Waals surface area contributed by atoms with Crippen molar-refractivity contribution < 1.29 is 27.5 Å². The summed E-state index contributed by atoms with van der Waals surface area (Å²) in [5.41, 5.74) is 2.13. The lowest BCUT2D eigenvalue weighted by molar-refractivity contribution is -0.274. The number of nitrogens with zero attached hydrogens (tertiary/aromatic N) is 1. The van der Waals surface area contributed by atoms with Crippen LogP contribution in [-0.2, 0) is 9.59 Å². The summed E-state index contributed by atoms with van der Waals surface area (Å²) in [7, 11) is 0. The lowest BCUT2D eigenvalue weighted by Crippen LogP contribution is -2.28. The number of alkyl halides is 3. The molecule has 1 aliphatic rings. The summed E-state index contributed by atoms with van der Waals surface area (Å²) in [6.45, 7) is 2.19. The maximum atomic E-state index is 12.4. The SMILES string of the molecule is Cc1ccc(N2CC(C(=O)Nc3ccc(OC(F)(F)F)cc3)CC2=O)cc1. The normalized spacial score (nSPS) is 17.1. The minimum atomic E-state index is -4.77. The third-order valence-electron chi connectivity index (χ3n) is 4.20. The summed E-state index contributed by atoms with van der Waals surface area (Å²) in [6, 6.07) is 12.3. The van der Waals surface area contributed by atoms with Crippen LogP contribution in [0.2, 0.25) is 0 Å². The molecule has 2 aromatic rings. The maximum Gasteiger partial charge on any atom is 0.573 e. The Bertz CT molecular complexity index is 833. The van der Waals surface area contributed by atoms with Gasteiger partial charge in [0.1, 0.15) is 5.75 Å². The predicted octanol–water partition coefficient (Wildman–Crippen LogP) is 3.89. The van der Waals surface area contributed by atoms with Crippen molar-refractivity contribution in [3.63, 3.8) is 0 Å². The maximum absolute atomic E-state index is 12.4. The predicted molar refractivity (Wildman–Crippen MR) is 93.4 cm³/mol. The molecule has 1 heterocycles. The quantitative estimate of drug-likeness (QED) is 0.878. The van der Waals surface area contributed by atoms with Gasteiger partial charge in [0.15, 0.2) is 0 Å². The average molecular weight is 378 g/mol. The molecule has 1 aliphatic heterocycles. The Labute approximate surface area is 153 Å². The number of hydrogen-bond donors (Lipinski definition) is 1. The number of hydrogen-bond acceptors (Lipinski definition) is 3. The number of nitrogens with one attached hydrogen (secondary N) is 1. The molecule has 2 amide bonds. The molecular weight excluding hydrogens is 361 g/mol. The molecule has 27 heavy (non-hydrogen) atoms. The van der Waals surface area contributed by atoms with E-state index >= 15 is 0 Å². The zero-order valence-corrected chi connectivity index (χ0v) is 14.4. The second-order valence-electron chi connectivity index (χ2n) is 6.30. The lowest BCUT2D eigenvalue weighted by atomic mass is 10.1. The highest BCUT2D eigenvalue weighted by Gasteiger charge is 2.35. The van der Waals surface area contributed by atoms with Crippen LogP contribution in [0.3, 0.4) is 0 Å². The van der Waals surface area contributed by atoms with E-state index < -0.39 is 12.3 Å². The summed E-state index contributed by atoms with van der Waals surface area (Å²) in [5, 5.41) is 2.62. The number of carbonyl (C=O) groups excluding carboxylic acids is 2. The number of anilines is 2. The van der Waals surface area contributed by atoms with Crippen molar-refractivity contribution in [3.8, 4) is 5.75 Å². The van der Waals surface area contributed by atoms with Gasteiger partial charge in [0.25, 0.3) is 0 Å². The zero-order chi connectivity index (χ0) is 19.6. The van der Waals surface area contributed by atoms with Gasteiger partial charge in [0.2, 0.25) is 11.8 Å². The van der Waals surface area contributed by atoms with E-state index in [0.717, 1.165) is 23.4 Å². The van der Waals surface area contributed by atoms with Crippen molar-refractivity contribution >= 4 is 23.2 Å². The lowest BCUT2D eigenvalue weighted by Gasteiger charge is -2.17. The highest BCUT2D eigenvalue weighted by atomic mass is 19.4. The van der Waals surface area contributed by atoms with Gasteiger partial charge in [-0.05, 0) is 43.3 Å². The van der Waals surface area contributed by atoms with E-state index in [0.29, 0.717) is 5.69 Å². The molecule has 8 heteroatoms. The molecule has 5 nitrogen and oxygen atoms in total. The Balaban J connectivity index is 1.61. The molecule has 0 bridgehead atoms. The van der Waals surface area contributed by atoms with Crippen LogP contribution >= 0.6 is 0 Å². The summed E-state index contributed by atoms with van der Waals surface area (Å²) in [4.78, 5) is 26.2. The number of aryl methyl sites for hydroxylation is 1. The minimum absolute atomic E-state index is 0.0784. The van der Waals surface area contributed by atoms with Crippen LogP contribution < -0.4 is 15.0 Å². The smallest absolute Gasteiger partial charge is 0.406 e. The van der Waals surface area contributed by atoms with Gasteiger partial charge in [0, 0.05) is 24.3 Å². The molecule has 1 N–H and O–H groups in total. The average Bonchev–Trinajstić information content (AvgIpc) is 2.98. The Morgan fingerprint density at radius 3 is 2.33 bits per heavy atom. The van der Waals surface area contributed by atoms with Gasteiger partial charge in [0.05, 0.1) is 5.92 Å². The molecule has 1 saturated heterocycles. The second-order valence-corrected chi connectivity index (χ2v) is 6.30. The van der Waals surface area contributed by atoms with E-state index in [1.165, 1.54) is 12.1 Å². The first-order valence-corrected chi connectivity index (χ1v) is 8.25. The molecule has 0 radical (unpaired) electrons. The third kappa shape index (κ3) is 4.78. The van der Waals surface area contributed by atoms with E-state index in [1.54, 1.807) is 4.90 Å².